The number of carbonyl (C=O) groups is 2. The molecule has 0 aromatic carbocycles. The zero-order chi connectivity index (χ0) is 10.4. The number of nitrogens with zero attached hydrogens (tertiary/aromatic N) is 2. The Balaban J connectivity index is 4.43. The molecule has 13 heavy (non-hydrogen) atoms. The summed E-state index contributed by atoms with van der Waals surface area (Å²) in [6, 6.07) is -0.111. The predicted molar refractivity (Wildman–Crippen MR) is 54.6 cm³/mol. The number of amides is 3. The van der Waals surface area contributed by atoms with E-state index >= 15 is 0 Å². The molecule has 7 heteroatoms. The van der Waals surface area contributed by atoms with Crippen LogP contribution in [0.5, 0.6) is 0 Å². The van der Waals surface area contributed by atoms with Crippen molar-refractivity contribution in [1.29, 1.82) is 0 Å². The van der Waals surface area contributed by atoms with Crippen molar-refractivity contribution in [2.75, 3.05) is 0 Å². The molecule has 0 N–H and O–H groups in total. The number of imide groups is 1. The molecule has 0 fully saturated rings. The molecule has 3 amide bonds. The molecular formula is C6H12N2O2Se3. The summed E-state index contributed by atoms with van der Waals surface area (Å²) >= 11 is 0.243. The summed E-state index contributed by atoms with van der Waals surface area (Å²) in [6.07, 6.45) is 0. The molecule has 0 saturated carbocycles. The number of rotatable bonds is 3. The molecule has 0 bridgehead atoms. The van der Waals surface area contributed by atoms with E-state index in [9.17, 15) is 9.59 Å². The van der Waals surface area contributed by atoms with Crippen LogP contribution in [0.15, 0.2) is 0 Å². The van der Waals surface area contributed by atoms with E-state index in [1.54, 1.807) is 2.93 Å². The van der Waals surface area contributed by atoms with Crippen LogP contribution in [0.3, 0.4) is 0 Å². The predicted octanol–water partition coefficient (Wildman–Crippen LogP) is 0.259. The standard InChI is InChI=1S/C6H12N2O2Se3/c1-5(9)7(11-2)6(10)8(12-3)13-4/h1-4H3. The topological polar surface area (TPSA) is 40.6 Å². The van der Waals surface area contributed by atoms with Crippen molar-refractivity contribution in [2.45, 2.75) is 24.4 Å². The molecule has 0 radical (unpaired) electrons. The van der Waals surface area contributed by atoms with Gasteiger partial charge >= 0.3 is 98.3 Å². The van der Waals surface area contributed by atoms with E-state index in [1.807, 2.05) is 17.5 Å². The van der Waals surface area contributed by atoms with Crippen LogP contribution in [0.1, 0.15) is 6.92 Å². The van der Waals surface area contributed by atoms with Gasteiger partial charge in [-0.3, -0.25) is 0 Å². The second-order valence-corrected chi connectivity index (χ2v) is 7.67. The van der Waals surface area contributed by atoms with Crippen molar-refractivity contribution in [3.05, 3.63) is 0 Å². The average Bonchev–Trinajstić information content (AvgIpc) is 2.07. The Morgan fingerprint density at radius 2 is 1.46 bits per heavy atom. The second kappa shape index (κ2) is 6.88. The van der Waals surface area contributed by atoms with Crippen LogP contribution in [0, 0.1) is 0 Å². The molecule has 0 aromatic heterocycles. The van der Waals surface area contributed by atoms with E-state index in [2.05, 4.69) is 0 Å². The van der Waals surface area contributed by atoms with Gasteiger partial charge in [-0.15, -0.1) is 0 Å². The van der Waals surface area contributed by atoms with Crippen LogP contribution in [0.4, 0.5) is 4.79 Å². The first-order valence-electron chi connectivity index (χ1n) is 3.35. The summed E-state index contributed by atoms with van der Waals surface area (Å²) in [7, 11) is 0. The molecule has 0 aliphatic heterocycles. The Bertz CT molecular complexity index is 196. The number of carbonyl (C=O) groups excluding carboxylic acids is 2. The van der Waals surface area contributed by atoms with E-state index in [1.165, 1.54) is 10.8 Å². The van der Waals surface area contributed by atoms with Crippen molar-refractivity contribution in [3.8, 4) is 0 Å². The molecule has 4 nitrogen and oxygen atoms in total. The van der Waals surface area contributed by atoms with Crippen molar-refractivity contribution in [2.24, 2.45) is 0 Å². The molecular weight excluding hydrogens is 369 g/mol. The summed E-state index contributed by atoms with van der Waals surface area (Å²) in [6.45, 7) is 1.44. The first-order valence-corrected chi connectivity index (χ1v) is 10.8. The molecule has 0 saturated heterocycles. The fourth-order valence-electron chi connectivity index (χ4n) is 0.646. The first kappa shape index (κ1) is 13.5. The normalized spacial score (nSPS) is 9.54. The van der Waals surface area contributed by atoms with E-state index in [0.29, 0.717) is 0 Å². The molecule has 0 spiro atoms. The SMILES string of the molecule is C[Se]N([Se]C)C(=O)N([Se]C)C(C)=O. The number of hydrogen-bond acceptors (Lipinski definition) is 2. The minimum absolute atomic E-state index is 0.0718. The van der Waals surface area contributed by atoms with Gasteiger partial charge in [0.25, 0.3) is 0 Å². The van der Waals surface area contributed by atoms with Crippen LogP contribution in [0.25, 0.3) is 0 Å². The maximum atomic E-state index is 11.7. The van der Waals surface area contributed by atoms with Gasteiger partial charge in [0, 0.05) is 0 Å². The van der Waals surface area contributed by atoms with Crippen molar-refractivity contribution in [3.63, 3.8) is 0 Å². The first-order chi connectivity index (χ1) is 6.08. The zero-order valence-electron chi connectivity index (χ0n) is 7.94. The van der Waals surface area contributed by atoms with E-state index in [4.69, 9.17) is 0 Å². The Hall–Kier alpha value is 0.498. The van der Waals surface area contributed by atoms with Gasteiger partial charge < -0.3 is 0 Å². The third-order valence-corrected chi connectivity index (χ3v) is 8.06. The summed E-state index contributed by atoms with van der Waals surface area (Å²) in [5.41, 5.74) is 0. The Kier molecular flexibility index (Phi) is 7.14. The van der Waals surface area contributed by atoms with Gasteiger partial charge in [-0.05, 0) is 0 Å². The van der Waals surface area contributed by atoms with Gasteiger partial charge in [0.15, 0.2) is 0 Å². The quantitative estimate of drug-likeness (QED) is 0.659. The molecule has 0 aliphatic rings. The summed E-state index contributed by atoms with van der Waals surface area (Å²) in [5, 5.41) is 0. The van der Waals surface area contributed by atoms with E-state index in [-0.39, 0.29) is 57.5 Å². The minimum atomic E-state index is -0.147. The van der Waals surface area contributed by atoms with E-state index < -0.39 is 0 Å². The van der Waals surface area contributed by atoms with Crippen molar-refractivity contribution < 1.29 is 9.59 Å². The number of hydrogen-bond donors (Lipinski definition) is 0. The summed E-state index contributed by atoms with van der Waals surface area (Å²) < 4.78 is 3.11. The van der Waals surface area contributed by atoms with Gasteiger partial charge in [0.1, 0.15) is 0 Å². The Morgan fingerprint density at radius 3 is 1.69 bits per heavy atom. The maximum absolute atomic E-state index is 11.7. The monoisotopic (exact) mass is 384 g/mol. The van der Waals surface area contributed by atoms with E-state index in [0.717, 1.165) is 0 Å². The molecule has 76 valence electrons. The fourth-order valence-corrected chi connectivity index (χ4v) is 5.14. The molecule has 0 rings (SSSR count). The van der Waals surface area contributed by atoms with Gasteiger partial charge in [-0.25, -0.2) is 0 Å². The van der Waals surface area contributed by atoms with Crippen LogP contribution < -0.4 is 0 Å². The van der Waals surface area contributed by atoms with Crippen molar-refractivity contribution in [1.82, 2.24) is 6.85 Å². The van der Waals surface area contributed by atoms with Gasteiger partial charge in [-0.1, -0.05) is 0 Å². The van der Waals surface area contributed by atoms with Crippen LogP contribution in [-0.4, -0.2) is 64.3 Å². The molecule has 0 aliphatic carbocycles. The third-order valence-electron chi connectivity index (χ3n) is 1.13. The average molecular weight is 381 g/mol. The number of urea groups is 1. The third kappa shape index (κ3) is 4.03. The van der Waals surface area contributed by atoms with Crippen LogP contribution >= 0.6 is 0 Å². The van der Waals surface area contributed by atoms with Crippen LogP contribution in [-0.2, 0) is 4.79 Å². The Labute approximate surface area is 97.9 Å². The molecule has 0 heterocycles. The molecule has 0 unspecified atom stereocenters. The summed E-state index contributed by atoms with van der Waals surface area (Å²) in [4.78, 5) is 22.7. The fraction of sp³-hybridized carbons (Fsp3) is 0.667. The van der Waals surface area contributed by atoms with Gasteiger partial charge in [-0.2, -0.15) is 0 Å². The van der Waals surface area contributed by atoms with Crippen LogP contribution in [0.2, 0.25) is 17.5 Å². The van der Waals surface area contributed by atoms with Gasteiger partial charge in [0.05, 0.1) is 0 Å². The molecule has 0 aromatic rings. The summed E-state index contributed by atoms with van der Waals surface area (Å²) in [5.74, 6) is 5.69. The van der Waals surface area contributed by atoms with Crippen molar-refractivity contribution >= 4 is 57.5 Å². The second-order valence-electron chi connectivity index (χ2n) is 1.90. The zero-order valence-corrected chi connectivity index (χ0v) is 13.1. The Morgan fingerprint density at radius 1 is 1.00 bits per heavy atom. The van der Waals surface area contributed by atoms with Gasteiger partial charge in [0.2, 0.25) is 0 Å². The molecule has 0 atom stereocenters.